The van der Waals surface area contributed by atoms with E-state index in [-0.39, 0.29) is 11.3 Å². The molecular weight excluding hydrogens is 266 g/mol. The minimum Gasteiger partial charge on any atom is -0.334 e. The van der Waals surface area contributed by atoms with Gasteiger partial charge in [-0.25, -0.2) is 0 Å². The molecule has 2 aromatic heterocycles. The van der Waals surface area contributed by atoms with E-state index < -0.39 is 0 Å². The van der Waals surface area contributed by atoms with Crippen molar-refractivity contribution in [2.24, 2.45) is 0 Å². The highest BCUT2D eigenvalue weighted by molar-refractivity contribution is 5.78. The van der Waals surface area contributed by atoms with Gasteiger partial charge in [0, 0.05) is 6.42 Å². The van der Waals surface area contributed by atoms with E-state index in [4.69, 9.17) is 4.52 Å². The van der Waals surface area contributed by atoms with E-state index in [1.54, 1.807) is 11.5 Å². The summed E-state index contributed by atoms with van der Waals surface area (Å²) in [5.74, 6) is 6.14. The molecular formula is C16H13N3O2. The summed E-state index contributed by atoms with van der Waals surface area (Å²) in [4.78, 5) is 17.2. The van der Waals surface area contributed by atoms with Gasteiger partial charge in [-0.15, -0.1) is 0 Å². The van der Waals surface area contributed by atoms with Crippen molar-refractivity contribution in [1.82, 2.24) is 14.7 Å². The molecule has 3 rings (SSSR count). The van der Waals surface area contributed by atoms with E-state index in [0.29, 0.717) is 23.3 Å². The van der Waals surface area contributed by atoms with E-state index in [9.17, 15) is 4.79 Å². The smallest absolute Gasteiger partial charge is 0.272 e. The van der Waals surface area contributed by atoms with Crippen LogP contribution in [0.25, 0.3) is 16.8 Å². The fraction of sp³-hybridized carbons (Fsp3) is 0.188. The van der Waals surface area contributed by atoms with Gasteiger partial charge in [0.15, 0.2) is 5.69 Å². The molecule has 0 amide bonds. The van der Waals surface area contributed by atoms with Crippen LogP contribution in [-0.2, 0) is 6.42 Å². The van der Waals surface area contributed by atoms with Gasteiger partial charge in [-0.3, -0.25) is 9.36 Å². The quantitative estimate of drug-likeness (QED) is 0.675. The fourth-order valence-electron chi connectivity index (χ4n) is 2.23. The van der Waals surface area contributed by atoms with Crippen molar-refractivity contribution in [3.63, 3.8) is 0 Å². The molecule has 0 spiro atoms. The highest BCUT2D eigenvalue weighted by Crippen LogP contribution is 2.15. The molecule has 0 fully saturated rings. The lowest BCUT2D eigenvalue weighted by atomic mass is 10.2. The van der Waals surface area contributed by atoms with Gasteiger partial charge in [0.1, 0.15) is 11.2 Å². The molecule has 0 aliphatic heterocycles. The average molecular weight is 279 g/mol. The van der Waals surface area contributed by atoms with Crippen molar-refractivity contribution in [3.8, 4) is 17.5 Å². The third-order valence-corrected chi connectivity index (χ3v) is 3.15. The molecule has 0 N–H and O–H groups in total. The maximum absolute atomic E-state index is 12.8. The molecule has 2 heterocycles. The van der Waals surface area contributed by atoms with E-state index >= 15 is 0 Å². The number of para-hydroxylation sites is 1. The monoisotopic (exact) mass is 279 g/mol. The highest BCUT2D eigenvalue weighted by atomic mass is 16.5. The maximum atomic E-state index is 12.8. The summed E-state index contributed by atoms with van der Waals surface area (Å²) >= 11 is 0. The first-order chi connectivity index (χ1) is 10.3. The Bertz CT molecular complexity index is 912. The van der Waals surface area contributed by atoms with E-state index in [2.05, 4.69) is 22.0 Å². The average Bonchev–Trinajstić information content (AvgIpc) is 2.91. The first-order valence-electron chi connectivity index (χ1n) is 6.65. The second-order valence-electron chi connectivity index (χ2n) is 4.44. The Morgan fingerprint density at radius 3 is 2.71 bits per heavy atom. The fourth-order valence-corrected chi connectivity index (χ4v) is 2.23. The maximum Gasteiger partial charge on any atom is 0.272 e. The zero-order valence-corrected chi connectivity index (χ0v) is 11.8. The van der Waals surface area contributed by atoms with Crippen LogP contribution < -0.4 is 5.56 Å². The molecule has 0 atom stereocenters. The molecule has 0 radical (unpaired) electrons. The molecule has 0 unspecified atom stereocenters. The van der Waals surface area contributed by atoms with E-state index in [1.807, 2.05) is 37.3 Å². The van der Waals surface area contributed by atoms with Gasteiger partial charge in [0.2, 0.25) is 0 Å². The van der Waals surface area contributed by atoms with Gasteiger partial charge >= 0.3 is 0 Å². The molecule has 0 saturated carbocycles. The summed E-state index contributed by atoms with van der Waals surface area (Å²) in [6, 6.07) is 9.40. The highest BCUT2D eigenvalue weighted by Gasteiger charge is 2.18. The van der Waals surface area contributed by atoms with Gasteiger partial charge in [-0.05, 0) is 25.0 Å². The Morgan fingerprint density at radius 1 is 1.29 bits per heavy atom. The lowest BCUT2D eigenvalue weighted by Crippen LogP contribution is -2.23. The number of hydrogen-bond acceptors (Lipinski definition) is 4. The van der Waals surface area contributed by atoms with Crippen molar-refractivity contribution in [2.75, 3.05) is 0 Å². The number of aryl methyl sites for hydroxylation is 1. The Hall–Kier alpha value is -2.87. The van der Waals surface area contributed by atoms with Gasteiger partial charge in [-0.1, -0.05) is 36.2 Å². The summed E-state index contributed by atoms with van der Waals surface area (Å²) in [5, 5.41) is 4.16. The van der Waals surface area contributed by atoms with Crippen LogP contribution in [0.5, 0.6) is 0 Å². The van der Waals surface area contributed by atoms with Crippen molar-refractivity contribution in [2.45, 2.75) is 20.3 Å². The third kappa shape index (κ3) is 2.11. The number of benzene rings is 1. The van der Waals surface area contributed by atoms with Crippen molar-refractivity contribution < 1.29 is 4.52 Å². The van der Waals surface area contributed by atoms with E-state index in [0.717, 1.165) is 5.69 Å². The van der Waals surface area contributed by atoms with Crippen LogP contribution in [0.4, 0.5) is 0 Å². The van der Waals surface area contributed by atoms with Crippen LogP contribution in [0.15, 0.2) is 39.6 Å². The number of nitrogens with zero attached hydrogens (tertiary/aromatic N) is 3. The predicted molar refractivity (Wildman–Crippen MR) is 79.3 cm³/mol. The first-order valence-corrected chi connectivity index (χ1v) is 6.65. The number of fused-ring (bicyclic) bond motifs is 1. The molecule has 0 aliphatic carbocycles. The van der Waals surface area contributed by atoms with E-state index in [1.165, 1.54) is 0 Å². The largest absolute Gasteiger partial charge is 0.334 e. The molecule has 21 heavy (non-hydrogen) atoms. The van der Waals surface area contributed by atoms with Crippen LogP contribution in [0.2, 0.25) is 0 Å². The molecule has 0 bridgehead atoms. The SMILES string of the molecule is CC#Cc1noc2nc(CC)n(-c3ccccc3)c(=O)c12. The molecule has 1 aromatic carbocycles. The third-order valence-electron chi connectivity index (χ3n) is 3.15. The number of hydrogen-bond donors (Lipinski definition) is 0. The van der Waals surface area contributed by atoms with Crippen LogP contribution >= 0.6 is 0 Å². The van der Waals surface area contributed by atoms with Crippen molar-refractivity contribution >= 4 is 11.1 Å². The molecule has 5 heteroatoms. The van der Waals surface area contributed by atoms with Gasteiger partial charge in [-0.2, -0.15) is 4.98 Å². The molecule has 104 valence electrons. The zero-order valence-electron chi connectivity index (χ0n) is 11.8. The summed E-state index contributed by atoms with van der Waals surface area (Å²) in [6.45, 7) is 3.63. The number of rotatable bonds is 2. The van der Waals surface area contributed by atoms with Crippen LogP contribution in [0.1, 0.15) is 25.4 Å². The summed E-state index contributed by atoms with van der Waals surface area (Å²) < 4.78 is 6.72. The van der Waals surface area contributed by atoms with Crippen LogP contribution in [-0.4, -0.2) is 14.7 Å². The van der Waals surface area contributed by atoms with Crippen LogP contribution in [0.3, 0.4) is 0 Å². The van der Waals surface area contributed by atoms with Crippen molar-refractivity contribution in [1.29, 1.82) is 0 Å². The molecule has 0 saturated heterocycles. The molecule has 5 nitrogen and oxygen atoms in total. The Labute approximate surface area is 121 Å². The van der Waals surface area contributed by atoms with Gasteiger partial charge in [0.05, 0.1) is 5.69 Å². The van der Waals surface area contributed by atoms with Gasteiger partial charge in [0.25, 0.3) is 11.3 Å². The standard InChI is InChI=1S/C16H13N3O2/c1-3-8-12-14-15(21-18-12)17-13(4-2)19(16(14)20)11-9-6-5-7-10-11/h5-7,9-10H,4H2,1-2H3. The lowest BCUT2D eigenvalue weighted by Gasteiger charge is -2.10. The summed E-state index contributed by atoms with van der Waals surface area (Å²) in [6.07, 6.45) is 0.607. The minimum absolute atomic E-state index is 0.206. The Balaban J connectivity index is 2.42. The second kappa shape index (κ2) is 5.25. The topological polar surface area (TPSA) is 60.9 Å². The zero-order chi connectivity index (χ0) is 14.8. The molecule has 0 aliphatic rings. The Kier molecular flexibility index (Phi) is 3.28. The minimum atomic E-state index is -0.206. The normalized spacial score (nSPS) is 10.4. The second-order valence-corrected chi connectivity index (χ2v) is 4.44. The van der Waals surface area contributed by atoms with Crippen LogP contribution in [0, 0.1) is 11.8 Å². The lowest BCUT2D eigenvalue weighted by molar-refractivity contribution is 0.444. The van der Waals surface area contributed by atoms with Gasteiger partial charge < -0.3 is 4.52 Å². The Morgan fingerprint density at radius 2 is 2.05 bits per heavy atom. The number of aromatic nitrogens is 3. The molecule has 3 aromatic rings. The van der Waals surface area contributed by atoms with Crippen molar-refractivity contribution in [3.05, 3.63) is 52.2 Å². The summed E-state index contributed by atoms with van der Waals surface area (Å²) in [5.41, 5.74) is 1.13. The predicted octanol–water partition coefficient (Wildman–Crippen LogP) is 2.31. The summed E-state index contributed by atoms with van der Waals surface area (Å²) in [7, 11) is 0. The first kappa shape index (κ1) is 13.1.